The second kappa shape index (κ2) is 11.2. The first-order chi connectivity index (χ1) is 15.9. The summed E-state index contributed by atoms with van der Waals surface area (Å²) in [4.78, 5) is 0. The molecule has 0 atom stereocenters. The monoisotopic (exact) mass is 476 g/mol. The minimum atomic E-state index is -1.53. The van der Waals surface area contributed by atoms with Crippen molar-refractivity contribution in [3.8, 4) is 11.1 Å². The minimum absolute atomic E-state index is 0.0190. The Morgan fingerprint density at radius 2 is 1.36 bits per heavy atom. The Bertz CT molecular complexity index is 904. The van der Waals surface area contributed by atoms with Gasteiger partial charge in [-0.1, -0.05) is 69.3 Å². The van der Waals surface area contributed by atoms with Gasteiger partial charge >= 0.3 is 0 Å². The fraction of sp³-hybridized carbons (Fsp3) is 0.571. The summed E-state index contributed by atoms with van der Waals surface area (Å²) in [6, 6.07) is 11.3. The lowest BCUT2D eigenvalue weighted by Crippen LogP contribution is -2.22. The fourth-order valence-corrected chi connectivity index (χ4v) is 9.77. The summed E-state index contributed by atoms with van der Waals surface area (Å²) in [5, 5.41) is 0. The molecule has 1 aliphatic carbocycles. The van der Waals surface area contributed by atoms with Gasteiger partial charge in [-0.15, -0.1) is 0 Å². The highest BCUT2D eigenvalue weighted by molar-refractivity contribution is 6.58. The smallest absolute Gasteiger partial charge is 0.194 e. The van der Waals surface area contributed by atoms with Crippen LogP contribution in [0.15, 0.2) is 30.3 Å². The molecule has 4 rings (SSSR count). The lowest BCUT2D eigenvalue weighted by Gasteiger charge is -2.32. The topological polar surface area (TPSA) is 0 Å². The van der Waals surface area contributed by atoms with Gasteiger partial charge in [0.05, 0.1) is 0 Å². The van der Waals surface area contributed by atoms with Gasteiger partial charge in [0.15, 0.2) is 17.5 Å². The van der Waals surface area contributed by atoms with Crippen LogP contribution in [0.1, 0.15) is 76.2 Å². The average molecular weight is 477 g/mol. The molecule has 0 bridgehead atoms. The van der Waals surface area contributed by atoms with Gasteiger partial charge in [0, 0.05) is 14.4 Å². The molecule has 0 aromatic heterocycles. The molecule has 1 saturated carbocycles. The normalized spacial score (nSPS) is 25.8. The van der Waals surface area contributed by atoms with Crippen LogP contribution in [0.3, 0.4) is 0 Å². The molecular formula is C28H36F4Si. The van der Waals surface area contributed by atoms with Gasteiger partial charge in [0.25, 0.3) is 0 Å². The van der Waals surface area contributed by atoms with E-state index in [2.05, 4.69) is 6.92 Å². The fourth-order valence-electron chi connectivity index (χ4n) is 6.20. The molecule has 0 spiro atoms. The van der Waals surface area contributed by atoms with Gasteiger partial charge in [0.1, 0.15) is 5.82 Å². The van der Waals surface area contributed by atoms with Crippen LogP contribution in [-0.4, -0.2) is 8.80 Å². The zero-order valence-electron chi connectivity index (χ0n) is 19.7. The maximum atomic E-state index is 14.8. The summed E-state index contributed by atoms with van der Waals surface area (Å²) in [6.45, 7) is 2.33. The Labute approximate surface area is 197 Å². The molecule has 2 aromatic carbocycles. The minimum Gasteiger partial charge on any atom is -0.206 e. The molecule has 1 heterocycles. The third-order valence-electron chi connectivity index (χ3n) is 8.25. The predicted octanol–water partition coefficient (Wildman–Crippen LogP) is 9.01. The van der Waals surface area contributed by atoms with Crippen LogP contribution < -0.4 is 0 Å². The van der Waals surface area contributed by atoms with Crippen LogP contribution in [-0.2, 0) is 0 Å². The zero-order chi connectivity index (χ0) is 23.4. The van der Waals surface area contributed by atoms with Crippen LogP contribution in [0.2, 0.25) is 18.1 Å². The van der Waals surface area contributed by atoms with E-state index in [4.69, 9.17) is 0 Å². The van der Waals surface area contributed by atoms with Gasteiger partial charge < -0.3 is 0 Å². The summed E-state index contributed by atoms with van der Waals surface area (Å²) < 4.78 is 55.1. The molecule has 0 N–H and O–H groups in total. The second-order valence-electron chi connectivity index (χ2n) is 10.5. The first kappa shape index (κ1) is 24.5. The Morgan fingerprint density at radius 1 is 0.758 bits per heavy atom. The summed E-state index contributed by atoms with van der Waals surface area (Å²) in [6.07, 6.45) is 11.6. The molecular weight excluding hydrogens is 440 g/mol. The highest BCUT2D eigenvalue weighted by Crippen LogP contribution is 2.40. The number of halogens is 4. The van der Waals surface area contributed by atoms with Crippen molar-refractivity contribution >= 4 is 8.80 Å². The summed E-state index contributed by atoms with van der Waals surface area (Å²) >= 11 is 0. The maximum Gasteiger partial charge on any atom is 0.194 e. The van der Waals surface area contributed by atoms with Crippen LogP contribution in [0.4, 0.5) is 17.6 Å². The molecule has 2 aromatic rings. The molecule has 0 amide bonds. The average Bonchev–Trinajstić information content (AvgIpc) is 2.82. The number of hydrogen-bond acceptors (Lipinski definition) is 0. The van der Waals surface area contributed by atoms with E-state index in [1.807, 2.05) is 6.07 Å². The van der Waals surface area contributed by atoms with E-state index in [1.54, 1.807) is 18.2 Å². The van der Waals surface area contributed by atoms with Crippen molar-refractivity contribution in [1.29, 1.82) is 0 Å². The van der Waals surface area contributed by atoms with Crippen molar-refractivity contribution in [2.24, 2.45) is 11.8 Å². The summed E-state index contributed by atoms with van der Waals surface area (Å²) in [5.41, 5.74) is 1.07. The quantitative estimate of drug-likeness (QED) is 0.212. The zero-order valence-corrected chi connectivity index (χ0v) is 20.8. The highest BCUT2D eigenvalue weighted by atomic mass is 28.3. The van der Waals surface area contributed by atoms with Gasteiger partial charge in [-0.05, 0) is 72.8 Å². The van der Waals surface area contributed by atoms with Crippen molar-refractivity contribution < 1.29 is 17.6 Å². The van der Waals surface area contributed by atoms with Crippen molar-refractivity contribution in [2.45, 2.75) is 88.8 Å². The van der Waals surface area contributed by atoms with Gasteiger partial charge in [0.2, 0.25) is 0 Å². The molecule has 0 radical (unpaired) electrons. The van der Waals surface area contributed by atoms with Crippen molar-refractivity contribution in [1.82, 2.24) is 0 Å². The van der Waals surface area contributed by atoms with E-state index in [0.29, 0.717) is 5.92 Å². The molecule has 33 heavy (non-hydrogen) atoms. The molecule has 5 heteroatoms. The Balaban J connectivity index is 1.28. The molecule has 1 aliphatic heterocycles. The van der Waals surface area contributed by atoms with E-state index in [1.165, 1.54) is 57.1 Å². The van der Waals surface area contributed by atoms with Crippen LogP contribution in [0, 0.1) is 35.1 Å². The first-order valence-electron chi connectivity index (χ1n) is 12.9. The third-order valence-corrected chi connectivity index (χ3v) is 11.9. The van der Waals surface area contributed by atoms with E-state index < -0.39 is 23.3 Å². The summed E-state index contributed by atoms with van der Waals surface area (Å²) in [7, 11) is -0.387. The van der Waals surface area contributed by atoms with Crippen LogP contribution in [0.25, 0.3) is 11.1 Å². The van der Waals surface area contributed by atoms with Gasteiger partial charge in [-0.2, -0.15) is 0 Å². The number of benzene rings is 2. The molecule has 2 fully saturated rings. The van der Waals surface area contributed by atoms with Crippen molar-refractivity contribution in [3.63, 3.8) is 0 Å². The predicted molar refractivity (Wildman–Crippen MR) is 130 cm³/mol. The van der Waals surface area contributed by atoms with E-state index >= 15 is 0 Å². The van der Waals surface area contributed by atoms with E-state index in [0.717, 1.165) is 42.4 Å². The van der Waals surface area contributed by atoms with Crippen LogP contribution >= 0.6 is 0 Å². The largest absolute Gasteiger partial charge is 0.206 e. The van der Waals surface area contributed by atoms with Crippen LogP contribution in [0.5, 0.6) is 0 Å². The Morgan fingerprint density at radius 3 is 1.94 bits per heavy atom. The molecule has 0 unspecified atom stereocenters. The van der Waals surface area contributed by atoms with E-state index in [9.17, 15) is 17.6 Å². The molecule has 180 valence electrons. The number of rotatable bonds is 7. The van der Waals surface area contributed by atoms with Crippen molar-refractivity contribution in [3.05, 3.63) is 59.2 Å². The maximum absolute atomic E-state index is 14.8. The van der Waals surface area contributed by atoms with Gasteiger partial charge in [-0.25, -0.2) is 17.6 Å². The summed E-state index contributed by atoms with van der Waals surface area (Å²) in [5.74, 6) is -2.57. The number of hydrogen-bond donors (Lipinski definition) is 0. The third kappa shape index (κ3) is 6.09. The molecule has 1 saturated heterocycles. The highest BCUT2D eigenvalue weighted by Gasteiger charge is 2.26. The lowest BCUT2D eigenvalue weighted by molar-refractivity contribution is 0.280. The Kier molecular flexibility index (Phi) is 8.32. The van der Waals surface area contributed by atoms with E-state index in [-0.39, 0.29) is 19.9 Å². The SMILES string of the molecule is CCC[Si@H]1CC[C@H](CCC2CCC(c3ccc(-c4cc(F)c(F)c(F)c4)c(F)c3)CC2)CC1. The molecule has 0 nitrogen and oxygen atoms in total. The first-order valence-corrected chi connectivity index (χ1v) is 15.3. The second-order valence-corrected chi connectivity index (χ2v) is 13.9. The molecule has 2 aliphatic rings. The standard InChI is InChI=1S/C28H36F4Si/c1-2-13-33-14-11-20(12-15-33)4-3-19-5-7-21(8-6-19)22-9-10-24(25(29)16-22)23-17-26(30)28(32)27(31)18-23/h9-10,16-21,33H,2-8,11-15H2,1H3/t19?,20-,21?,33-. The van der Waals surface area contributed by atoms with Gasteiger partial charge in [-0.3, -0.25) is 0 Å². The van der Waals surface area contributed by atoms with Crippen molar-refractivity contribution in [2.75, 3.05) is 0 Å². The lowest BCUT2D eigenvalue weighted by atomic mass is 9.76. The Hall–Kier alpha value is -1.62.